The maximum Gasteiger partial charge on any atom is 0.242 e. The lowest BCUT2D eigenvalue weighted by atomic mass is 10.1. The summed E-state index contributed by atoms with van der Waals surface area (Å²) in [5.74, 6) is -0.448. The van der Waals surface area contributed by atoms with Gasteiger partial charge in [-0.25, -0.2) is 21.1 Å². The lowest BCUT2D eigenvalue weighted by molar-refractivity contribution is -0.119. The molecular weight excluding hydrogens is 414 g/mol. The quantitative estimate of drug-likeness (QED) is 0.629. The summed E-state index contributed by atoms with van der Waals surface area (Å²) in [4.78, 5) is 12.3. The number of anilines is 1. The van der Waals surface area contributed by atoms with Crippen LogP contribution in [0, 0.1) is 0 Å². The van der Waals surface area contributed by atoms with E-state index in [-0.39, 0.29) is 10.6 Å². The van der Waals surface area contributed by atoms with Gasteiger partial charge in [-0.3, -0.25) is 9.10 Å². The molecule has 0 bridgehead atoms. The average molecular weight is 440 g/mol. The Morgan fingerprint density at radius 3 is 2.03 bits per heavy atom. The lowest BCUT2D eigenvalue weighted by Crippen LogP contribution is -2.41. The van der Waals surface area contributed by atoms with Gasteiger partial charge in [0.05, 0.1) is 16.8 Å². The van der Waals surface area contributed by atoms with Gasteiger partial charge in [0.2, 0.25) is 26.0 Å². The van der Waals surface area contributed by atoms with Crippen molar-refractivity contribution in [3.05, 3.63) is 60.2 Å². The molecule has 0 saturated carbocycles. The van der Waals surface area contributed by atoms with Crippen LogP contribution >= 0.6 is 0 Å². The molecule has 0 aliphatic heterocycles. The van der Waals surface area contributed by atoms with Gasteiger partial charge >= 0.3 is 0 Å². The fourth-order valence-electron chi connectivity index (χ4n) is 2.57. The van der Waals surface area contributed by atoms with Crippen molar-refractivity contribution in [1.82, 2.24) is 9.62 Å². The number of hydrogen-bond acceptors (Lipinski definition) is 5. The van der Waals surface area contributed by atoms with Crippen molar-refractivity contribution in [1.29, 1.82) is 0 Å². The van der Waals surface area contributed by atoms with Crippen molar-refractivity contribution in [2.45, 2.75) is 11.3 Å². The summed E-state index contributed by atoms with van der Waals surface area (Å²) in [7, 11) is -4.56. The van der Waals surface area contributed by atoms with E-state index >= 15 is 0 Å². The third kappa shape index (κ3) is 6.28. The number of carbonyl (C=O) groups is 1. The second-order valence-electron chi connectivity index (χ2n) is 6.64. The minimum Gasteiger partial charge on any atom is -0.354 e. The first-order valence-corrected chi connectivity index (χ1v) is 12.1. The van der Waals surface area contributed by atoms with Crippen molar-refractivity contribution in [3.63, 3.8) is 0 Å². The van der Waals surface area contributed by atoms with Crippen LogP contribution in [0.1, 0.15) is 5.56 Å². The fourth-order valence-corrected chi connectivity index (χ4v) is 4.33. The van der Waals surface area contributed by atoms with Crippen molar-refractivity contribution in [2.24, 2.45) is 0 Å². The molecule has 0 heterocycles. The van der Waals surface area contributed by atoms with E-state index in [9.17, 15) is 21.6 Å². The second-order valence-corrected chi connectivity index (χ2v) is 10.7. The van der Waals surface area contributed by atoms with Crippen LogP contribution in [-0.2, 0) is 31.3 Å². The summed E-state index contributed by atoms with van der Waals surface area (Å²) >= 11 is 0. The Balaban J connectivity index is 2.09. The number of nitrogens with zero attached hydrogens (tertiary/aromatic N) is 2. The number of sulfonamides is 2. The van der Waals surface area contributed by atoms with Gasteiger partial charge in [0.1, 0.15) is 6.54 Å². The molecule has 0 spiro atoms. The molecule has 0 atom stereocenters. The molecule has 0 aliphatic carbocycles. The Morgan fingerprint density at radius 1 is 0.931 bits per heavy atom. The van der Waals surface area contributed by atoms with Gasteiger partial charge in [-0.15, -0.1) is 0 Å². The third-order valence-electron chi connectivity index (χ3n) is 4.17. The Labute approximate surface area is 172 Å². The van der Waals surface area contributed by atoms with Crippen molar-refractivity contribution in [2.75, 3.05) is 37.7 Å². The highest BCUT2D eigenvalue weighted by molar-refractivity contribution is 7.92. The van der Waals surface area contributed by atoms with E-state index in [1.165, 1.54) is 38.4 Å². The average Bonchev–Trinajstić information content (AvgIpc) is 2.66. The van der Waals surface area contributed by atoms with Crippen LogP contribution < -0.4 is 9.62 Å². The molecule has 1 N–H and O–H groups in total. The number of carbonyl (C=O) groups excluding carboxylic acids is 1. The molecule has 0 aromatic heterocycles. The van der Waals surface area contributed by atoms with Gasteiger partial charge < -0.3 is 5.32 Å². The fraction of sp³-hybridized carbons (Fsp3) is 0.316. The summed E-state index contributed by atoms with van der Waals surface area (Å²) in [5.41, 5.74) is 1.27. The topological polar surface area (TPSA) is 104 Å². The summed E-state index contributed by atoms with van der Waals surface area (Å²) < 4.78 is 50.7. The molecule has 29 heavy (non-hydrogen) atoms. The Bertz CT molecular complexity index is 1040. The predicted octanol–water partition coefficient (Wildman–Crippen LogP) is 1.06. The molecule has 2 aromatic rings. The van der Waals surface area contributed by atoms with Crippen LogP contribution in [0.25, 0.3) is 0 Å². The van der Waals surface area contributed by atoms with Crippen LogP contribution in [-0.4, -0.2) is 60.5 Å². The van der Waals surface area contributed by atoms with Crippen LogP contribution in [0.2, 0.25) is 0 Å². The number of benzene rings is 2. The van der Waals surface area contributed by atoms with E-state index < -0.39 is 32.5 Å². The molecule has 1 amide bonds. The van der Waals surface area contributed by atoms with Gasteiger partial charge in [0.15, 0.2) is 0 Å². The second kappa shape index (κ2) is 9.38. The Hall–Kier alpha value is -2.43. The van der Waals surface area contributed by atoms with E-state index in [4.69, 9.17) is 0 Å². The smallest absolute Gasteiger partial charge is 0.242 e. The number of amides is 1. The van der Waals surface area contributed by atoms with Gasteiger partial charge in [-0.2, -0.15) is 0 Å². The highest BCUT2D eigenvalue weighted by Gasteiger charge is 2.22. The first-order valence-electron chi connectivity index (χ1n) is 8.83. The van der Waals surface area contributed by atoms with Crippen molar-refractivity contribution < 1.29 is 21.6 Å². The standard InChI is InChI=1S/C19H25N3O5S2/c1-21(2)29(26,27)18-11-9-17(10-12-18)22(28(3,24)25)15-19(23)20-14-13-16-7-5-4-6-8-16/h4-12H,13-15H2,1-3H3,(H,20,23). The van der Waals surface area contributed by atoms with Crippen molar-refractivity contribution in [3.8, 4) is 0 Å². The predicted molar refractivity (Wildman–Crippen MR) is 113 cm³/mol. The zero-order valence-electron chi connectivity index (χ0n) is 16.6. The zero-order chi connectivity index (χ0) is 21.7. The van der Waals surface area contributed by atoms with Gasteiger partial charge in [-0.05, 0) is 36.2 Å². The van der Waals surface area contributed by atoms with Crippen LogP contribution in [0.3, 0.4) is 0 Å². The Morgan fingerprint density at radius 2 is 1.52 bits per heavy atom. The molecule has 158 valence electrons. The van der Waals surface area contributed by atoms with Crippen LogP contribution in [0.4, 0.5) is 5.69 Å². The third-order valence-corrected chi connectivity index (χ3v) is 7.14. The minimum absolute atomic E-state index is 0.0343. The molecule has 10 heteroatoms. The highest BCUT2D eigenvalue weighted by atomic mass is 32.2. The lowest BCUT2D eigenvalue weighted by Gasteiger charge is -2.22. The number of nitrogens with one attached hydrogen (secondary N) is 1. The van der Waals surface area contributed by atoms with Gasteiger partial charge in [0, 0.05) is 20.6 Å². The molecule has 0 fully saturated rings. The molecule has 2 aromatic carbocycles. The molecule has 0 unspecified atom stereocenters. The van der Waals surface area contributed by atoms with Crippen molar-refractivity contribution >= 4 is 31.6 Å². The normalized spacial score (nSPS) is 12.0. The molecule has 2 rings (SSSR count). The summed E-state index contributed by atoms with van der Waals surface area (Å²) in [5, 5.41) is 2.71. The number of rotatable bonds is 9. The first-order chi connectivity index (χ1) is 13.5. The van der Waals surface area contributed by atoms with Gasteiger partial charge in [-0.1, -0.05) is 30.3 Å². The Kier molecular flexibility index (Phi) is 7.39. The van der Waals surface area contributed by atoms with E-state index in [0.717, 1.165) is 20.4 Å². The molecule has 0 saturated heterocycles. The summed E-state index contributed by atoms with van der Waals surface area (Å²) in [6, 6.07) is 15.0. The van der Waals surface area contributed by atoms with Gasteiger partial charge in [0.25, 0.3) is 0 Å². The van der Waals surface area contributed by atoms with E-state index in [1.54, 1.807) is 0 Å². The monoisotopic (exact) mass is 439 g/mol. The SMILES string of the molecule is CN(C)S(=O)(=O)c1ccc(N(CC(=O)NCCc2ccccc2)S(C)(=O)=O)cc1. The summed E-state index contributed by atoms with van der Waals surface area (Å²) in [6.07, 6.45) is 1.62. The zero-order valence-corrected chi connectivity index (χ0v) is 18.2. The van der Waals surface area contributed by atoms with Crippen LogP contribution in [0.15, 0.2) is 59.5 Å². The highest BCUT2D eigenvalue weighted by Crippen LogP contribution is 2.21. The van der Waals surface area contributed by atoms with E-state index in [0.29, 0.717) is 13.0 Å². The minimum atomic E-state index is -3.74. The summed E-state index contributed by atoms with van der Waals surface area (Å²) in [6.45, 7) is -0.0200. The largest absolute Gasteiger partial charge is 0.354 e. The molecule has 8 nitrogen and oxygen atoms in total. The van der Waals surface area contributed by atoms with E-state index in [1.807, 2.05) is 30.3 Å². The maximum atomic E-state index is 12.3. The molecule has 0 radical (unpaired) electrons. The molecular formula is C19H25N3O5S2. The molecule has 0 aliphatic rings. The van der Waals surface area contributed by atoms with E-state index in [2.05, 4.69) is 5.32 Å². The first kappa shape index (κ1) is 22.9. The number of hydrogen-bond donors (Lipinski definition) is 1. The van der Waals surface area contributed by atoms with Crippen LogP contribution in [0.5, 0.6) is 0 Å². The maximum absolute atomic E-state index is 12.3.